The van der Waals surface area contributed by atoms with E-state index in [4.69, 9.17) is 0 Å². The van der Waals surface area contributed by atoms with E-state index in [0.29, 0.717) is 5.01 Å². The van der Waals surface area contributed by atoms with Gasteiger partial charge in [-0.25, -0.2) is 4.98 Å². The molecule has 0 saturated heterocycles. The van der Waals surface area contributed by atoms with Gasteiger partial charge in [0.1, 0.15) is 0 Å². The van der Waals surface area contributed by atoms with Gasteiger partial charge < -0.3 is 0 Å². The van der Waals surface area contributed by atoms with Crippen molar-refractivity contribution in [2.45, 2.75) is 13.1 Å². The zero-order chi connectivity index (χ0) is 12.6. The maximum absolute atomic E-state index is 12.5. The van der Waals surface area contributed by atoms with E-state index >= 15 is 0 Å². The molecule has 0 aromatic carbocycles. The van der Waals surface area contributed by atoms with Crippen molar-refractivity contribution in [3.8, 4) is 0 Å². The van der Waals surface area contributed by atoms with Crippen LogP contribution in [0.5, 0.6) is 0 Å². The Balaban J connectivity index is 2.39. The van der Waals surface area contributed by atoms with Gasteiger partial charge in [-0.2, -0.15) is 23.3 Å². The van der Waals surface area contributed by atoms with Crippen molar-refractivity contribution in [1.29, 1.82) is 0 Å². The topological polar surface area (TPSA) is 45.6 Å². The lowest BCUT2D eigenvalue weighted by Gasteiger charge is -2.10. The number of aromatic nitrogens is 1. The minimum atomic E-state index is -4.60. The minimum absolute atomic E-state index is 0.0867. The molecule has 1 atom stereocenters. The second-order valence-electron chi connectivity index (χ2n) is 3.54. The lowest BCUT2D eigenvalue weighted by Crippen LogP contribution is -2.31. The molecule has 90 valence electrons. The number of hydrogen-bond donors (Lipinski definition) is 0. The van der Waals surface area contributed by atoms with Crippen molar-refractivity contribution in [2.75, 3.05) is 5.01 Å². The summed E-state index contributed by atoms with van der Waals surface area (Å²) >= 11 is 0. The molecule has 7 heteroatoms. The molecule has 17 heavy (non-hydrogen) atoms. The molecule has 0 saturated carbocycles. The lowest BCUT2D eigenvalue weighted by atomic mass is 10.1. The number of nitrogens with zero attached hydrogens (tertiary/aromatic N) is 3. The van der Waals surface area contributed by atoms with Gasteiger partial charge in [0, 0.05) is 6.20 Å². The number of hydrazone groups is 1. The van der Waals surface area contributed by atoms with Gasteiger partial charge in [0.05, 0.1) is 5.92 Å². The maximum atomic E-state index is 12.5. The van der Waals surface area contributed by atoms with Gasteiger partial charge in [0.25, 0.3) is 5.91 Å². The number of alkyl halides is 3. The molecule has 1 amide bonds. The SMILES string of the molecule is CC1C(=O)N(c2ccccn2)N=C1C(F)(F)F. The summed E-state index contributed by atoms with van der Waals surface area (Å²) in [7, 11) is 0. The van der Waals surface area contributed by atoms with Gasteiger partial charge in [-0.15, -0.1) is 0 Å². The van der Waals surface area contributed by atoms with E-state index in [1.807, 2.05) is 0 Å². The third kappa shape index (κ3) is 2.00. The van der Waals surface area contributed by atoms with Crippen LogP contribution in [0.3, 0.4) is 0 Å². The molecule has 0 aliphatic carbocycles. The molecule has 1 aliphatic rings. The molecule has 1 unspecified atom stereocenters. The van der Waals surface area contributed by atoms with E-state index in [1.165, 1.54) is 19.2 Å². The minimum Gasteiger partial charge on any atom is -0.272 e. The molecule has 2 heterocycles. The Labute approximate surface area is 94.8 Å². The predicted octanol–water partition coefficient (Wildman–Crippen LogP) is 1.98. The molecule has 0 spiro atoms. The monoisotopic (exact) mass is 243 g/mol. The molecule has 1 aliphatic heterocycles. The molecule has 0 radical (unpaired) electrons. The molecule has 0 bridgehead atoms. The van der Waals surface area contributed by atoms with Gasteiger partial charge in [0.15, 0.2) is 11.5 Å². The summed E-state index contributed by atoms with van der Waals surface area (Å²) in [6.07, 6.45) is -3.22. The van der Waals surface area contributed by atoms with Crippen LogP contribution in [0.15, 0.2) is 29.5 Å². The number of hydrogen-bond acceptors (Lipinski definition) is 3. The van der Waals surface area contributed by atoms with Crippen LogP contribution in [-0.4, -0.2) is 22.8 Å². The molecule has 1 aromatic heterocycles. The van der Waals surface area contributed by atoms with Crippen LogP contribution in [-0.2, 0) is 4.79 Å². The van der Waals surface area contributed by atoms with Crippen LogP contribution < -0.4 is 5.01 Å². The van der Waals surface area contributed by atoms with Crippen LogP contribution in [0.2, 0.25) is 0 Å². The first-order valence-corrected chi connectivity index (χ1v) is 4.82. The second-order valence-corrected chi connectivity index (χ2v) is 3.54. The highest BCUT2D eigenvalue weighted by molar-refractivity contribution is 6.16. The molecular formula is C10H8F3N3O. The number of halogens is 3. The molecule has 1 aromatic rings. The van der Waals surface area contributed by atoms with Crippen LogP contribution in [0.25, 0.3) is 0 Å². The number of amides is 1. The largest absolute Gasteiger partial charge is 0.432 e. The van der Waals surface area contributed by atoms with Gasteiger partial charge >= 0.3 is 6.18 Å². The van der Waals surface area contributed by atoms with Crippen molar-refractivity contribution in [3.63, 3.8) is 0 Å². The number of anilines is 1. The van der Waals surface area contributed by atoms with Crippen LogP contribution in [0, 0.1) is 5.92 Å². The Hall–Kier alpha value is -1.92. The summed E-state index contributed by atoms with van der Waals surface area (Å²) in [6.45, 7) is 1.18. The number of pyridine rings is 1. The highest BCUT2D eigenvalue weighted by Crippen LogP contribution is 2.30. The van der Waals surface area contributed by atoms with Crippen molar-refractivity contribution >= 4 is 17.4 Å². The molecule has 4 nitrogen and oxygen atoms in total. The second kappa shape index (κ2) is 3.83. The van der Waals surface area contributed by atoms with Gasteiger partial charge in [-0.3, -0.25) is 4.79 Å². The van der Waals surface area contributed by atoms with Crippen LogP contribution >= 0.6 is 0 Å². The first kappa shape index (κ1) is 11.6. The third-order valence-corrected chi connectivity index (χ3v) is 2.35. The lowest BCUT2D eigenvalue weighted by molar-refractivity contribution is -0.120. The first-order valence-electron chi connectivity index (χ1n) is 4.82. The number of rotatable bonds is 1. The molecule has 0 N–H and O–H groups in total. The summed E-state index contributed by atoms with van der Waals surface area (Å²) in [4.78, 5) is 15.4. The first-order chi connectivity index (χ1) is 7.91. The zero-order valence-corrected chi connectivity index (χ0v) is 8.77. The molecule has 2 rings (SSSR count). The normalized spacial score (nSPS) is 20.7. The number of carbonyl (C=O) groups excluding carboxylic acids is 1. The van der Waals surface area contributed by atoms with Crippen molar-refractivity contribution < 1.29 is 18.0 Å². The Bertz CT molecular complexity index is 469. The summed E-state index contributed by atoms with van der Waals surface area (Å²) in [6, 6.07) is 4.59. The highest BCUT2D eigenvalue weighted by Gasteiger charge is 2.48. The smallest absolute Gasteiger partial charge is 0.272 e. The van der Waals surface area contributed by atoms with Gasteiger partial charge in [0.2, 0.25) is 0 Å². The summed E-state index contributed by atoms with van der Waals surface area (Å²) in [5.74, 6) is -1.93. The van der Waals surface area contributed by atoms with Crippen molar-refractivity contribution in [3.05, 3.63) is 24.4 Å². The Morgan fingerprint density at radius 3 is 2.53 bits per heavy atom. The van der Waals surface area contributed by atoms with E-state index in [9.17, 15) is 18.0 Å². The predicted molar refractivity (Wildman–Crippen MR) is 54.4 cm³/mol. The van der Waals surface area contributed by atoms with Crippen molar-refractivity contribution in [2.24, 2.45) is 11.0 Å². The van der Waals surface area contributed by atoms with Crippen LogP contribution in [0.4, 0.5) is 19.0 Å². The third-order valence-electron chi connectivity index (χ3n) is 2.35. The van der Waals surface area contributed by atoms with Crippen LogP contribution in [0.1, 0.15) is 6.92 Å². The number of carbonyl (C=O) groups is 1. The van der Waals surface area contributed by atoms with Crippen molar-refractivity contribution in [1.82, 2.24) is 4.98 Å². The Morgan fingerprint density at radius 1 is 1.35 bits per heavy atom. The molecular weight excluding hydrogens is 235 g/mol. The maximum Gasteiger partial charge on any atom is 0.432 e. The van der Waals surface area contributed by atoms with Gasteiger partial charge in [-0.1, -0.05) is 6.07 Å². The average molecular weight is 243 g/mol. The van der Waals surface area contributed by atoms with E-state index in [0.717, 1.165) is 0 Å². The van der Waals surface area contributed by atoms with Gasteiger partial charge in [-0.05, 0) is 19.1 Å². The van der Waals surface area contributed by atoms with E-state index in [-0.39, 0.29) is 5.82 Å². The summed E-state index contributed by atoms with van der Waals surface area (Å²) in [5, 5.41) is 3.99. The summed E-state index contributed by atoms with van der Waals surface area (Å²) in [5.41, 5.74) is -1.09. The zero-order valence-electron chi connectivity index (χ0n) is 8.77. The fourth-order valence-electron chi connectivity index (χ4n) is 1.49. The average Bonchev–Trinajstić information content (AvgIpc) is 2.57. The standard InChI is InChI=1S/C10H8F3N3O/c1-6-8(10(11,12)13)15-16(9(6)17)7-4-2-3-5-14-7/h2-6H,1H3. The molecule has 0 fully saturated rings. The fourth-order valence-corrected chi connectivity index (χ4v) is 1.49. The highest BCUT2D eigenvalue weighted by atomic mass is 19.4. The Morgan fingerprint density at radius 2 is 2.06 bits per heavy atom. The fraction of sp³-hybridized carbons (Fsp3) is 0.300. The quantitative estimate of drug-likeness (QED) is 0.757. The van der Waals surface area contributed by atoms with E-state index < -0.39 is 23.7 Å². The van der Waals surface area contributed by atoms with E-state index in [2.05, 4.69) is 10.1 Å². The van der Waals surface area contributed by atoms with E-state index in [1.54, 1.807) is 12.1 Å². The summed E-state index contributed by atoms with van der Waals surface area (Å²) < 4.78 is 37.6. The Kier molecular flexibility index (Phi) is 2.60.